The number of hydrogen-bond acceptors (Lipinski definition) is 0. The van der Waals surface area contributed by atoms with E-state index < -0.39 is 0 Å². The number of rotatable bonds is 2. The van der Waals surface area contributed by atoms with Crippen LogP contribution in [0.5, 0.6) is 0 Å². The summed E-state index contributed by atoms with van der Waals surface area (Å²) in [5.74, 6) is 0.584. The van der Waals surface area contributed by atoms with Crippen molar-refractivity contribution < 1.29 is 0 Å². The molecule has 0 bridgehead atoms. The summed E-state index contributed by atoms with van der Waals surface area (Å²) in [4.78, 5) is 0. The highest BCUT2D eigenvalue weighted by molar-refractivity contribution is 5.82. The van der Waals surface area contributed by atoms with Gasteiger partial charge in [0.2, 0.25) is 0 Å². The summed E-state index contributed by atoms with van der Waals surface area (Å²) in [6.45, 7) is 13.6. The van der Waals surface area contributed by atoms with E-state index in [1.807, 2.05) is 0 Å². The van der Waals surface area contributed by atoms with E-state index in [2.05, 4.69) is 84.0 Å². The van der Waals surface area contributed by atoms with E-state index in [0.29, 0.717) is 5.92 Å². The largest absolute Gasteiger partial charge is 0.0725 e. The Balaban J connectivity index is 2.25. The molecule has 0 heteroatoms. The lowest BCUT2D eigenvalue weighted by molar-refractivity contribution is 0.720. The van der Waals surface area contributed by atoms with Crippen LogP contribution < -0.4 is 0 Å². The first-order chi connectivity index (χ1) is 11.4. The molecule has 0 fully saturated rings. The fraction of sp³-hybridized carbons (Fsp3) is 0.333. The highest BCUT2D eigenvalue weighted by atomic mass is 14.3. The fourth-order valence-corrected chi connectivity index (χ4v) is 4.25. The molecule has 24 heavy (non-hydrogen) atoms. The number of aryl methyl sites for hydroxylation is 2. The van der Waals surface area contributed by atoms with Gasteiger partial charge in [-0.2, -0.15) is 0 Å². The van der Waals surface area contributed by atoms with Crippen molar-refractivity contribution in [1.82, 2.24) is 0 Å². The molecule has 0 saturated carbocycles. The van der Waals surface area contributed by atoms with E-state index in [-0.39, 0.29) is 0 Å². The van der Waals surface area contributed by atoms with Crippen LogP contribution in [-0.4, -0.2) is 0 Å². The van der Waals surface area contributed by atoms with Crippen LogP contribution >= 0.6 is 0 Å². The van der Waals surface area contributed by atoms with Gasteiger partial charge < -0.3 is 0 Å². The average molecular weight is 316 g/mol. The van der Waals surface area contributed by atoms with Gasteiger partial charge in [0.15, 0.2) is 0 Å². The zero-order valence-corrected chi connectivity index (χ0v) is 15.8. The normalized spacial score (nSPS) is 17.9. The van der Waals surface area contributed by atoms with Crippen molar-refractivity contribution >= 4 is 5.57 Å². The first-order valence-electron chi connectivity index (χ1n) is 8.94. The number of hydrogen-bond donors (Lipinski definition) is 0. The minimum Gasteiger partial charge on any atom is -0.0725 e. The third-order valence-electron chi connectivity index (χ3n) is 5.29. The van der Waals surface area contributed by atoms with Crippen LogP contribution in [0.1, 0.15) is 49.4 Å². The van der Waals surface area contributed by atoms with Crippen molar-refractivity contribution in [1.29, 1.82) is 0 Å². The zero-order valence-electron chi connectivity index (χ0n) is 15.8. The number of benzene rings is 2. The predicted octanol–water partition coefficient (Wildman–Crippen LogP) is 7.04. The second kappa shape index (κ2) is 6.43. The zero-order chi connectivity index (χ0) is 17.4. The van der Waals surface area contributed by atoms with Gasteiger partial charge >= 0.3 is 0 Å². The summed E-state index contributed by atoms with van der Waals surface area (Å²) < 4.78 is 0. The van der Waals surface area contributed by atoms with E-state index in [1.165, 1.54) is 56.5 Å². The minimum atomic E-state index is 0.584. The van der Waals surface area contributed by atoms with Gasteiger partial charge in [0, 0.05) is 0 Å². The third kappa shape index (κ3) is 2.98. The van der Waals surface area contributed by atoms with Crippen LogP contribution in [0.4, 0.5) is 0 Å². The molecule has 0 radical (unpaired) electrons. The summed E-state index contributed by atoms with van der Waals surface area (Å²) >= 11 is 0. The standard InChI is InChI=1S/C24H28/c1-15-11-18(4)24(19(5)12-15)23-14-16(2)13-22(20(23)6)21-10-8-7-9-17(21)3/h7-11,13-14,19H,12H2,1-6H3. The highest BCUT2D eigenvalue weighted by Gasteiger charge is 2.21. The van der Waals surface area contributed by atoms with Crippen molar-refractivity contribution in [3.63, 3.8) is 0 Å². The molecular formula is C24H28. The molecule has 1 aliphatic rings. The third-order valence-corrected chi connectivity index (χ3v) is 5.29. The summed E-state index contributed by atoms with van der Waals surface area (Å²) in [7, 11) is 0. The van der Waals surface area contributed by atoms with Crippen LogP contribution in [0.15, 0.2) is 53.6 Å². The lowest BCUT2D eigenvalue weighted by Gasteiger charge is -2.26. The molecule has 2 aromatic rings. The van der Waals surface area contributed by atoms with E-state index in [1.54, 1.807) is 0 Å². The van der Waals surface area contributed by atoms with E-state index in [9.17, 15) is 0 Å². The maximum Gasteiger partial charge on any atom is -0.0143 e. The molecule has 0 aromatic heterocycles. The molecule has 1 unspecified atom stereocenters. The second-order valence-corrected chi connectivity index (χ2v) is 7.49. The lowest BCUT2D eigenvalue weighted by Crippen LogP contribution is -2.08. The van der Waals surface area contributed by atoms with Crippen LogP contribution in [0.25, 0.3) is 16.7 Å². The van der Waals surface area contributed by atoms with Crippen molar-refractivity contribution in [2.75, 3.05) is 0 Å². The second-order valence-electron chi connectivity index (χ2n) is 7.49. The van der Waals surface area contributed by atoms with Gasteiger partial charge in [-0.25, -0.2) is 0 Å². The van der Waals surface area contributed by atoms with E-state index >= 15 is 0 Å². The summed E-state index contributed by atoms with van der Waals surface area (Å²) in [6, 6.07) is 13.4. The van der Waals surface area contributed by atoms with Crippen molar-refractivity contribution in [3.8, 4) is 11.1 Å². The van der Waals surface area contributed by atoms with Crippen LogP contribution in [0.3, 0.4) is 0 Å². The molecule has 124 valence electrons. The smallest absolute Gasteiger partial charge is 0.0143 e. The molecule has 0 saturated heterocycles. The van der Waals surface area contributed by atoms with Crippen LogP contribution in [0.2, 0.25) is 0 Å². The van der Waals surface area contributed by atoms with Crippen molar-refractivity contribution in [2.24, 2.45) is 5.92 Å². The Labute approximate surface area is 146 Å². The minimum absolute atomic E-state index is 0.584. The average Bonchev–Trinajstić information content (AvgIpc) is 2.50. The van der Waals surface area contributed by atoms with Gasteiger partial charge in [0.25, 0.3) is 0 Å². The molecule has 3 rings (SSSR count). The van der Waals surface area contributed by atoms with Crippen molar-refractivity contribution in [3.05, 3.63) is 75.9 Å². The van der Waals surface area contributed by atoms with E-state index in [0.717, 1.165) is 0 Å². The first-order valence-corrected chi connectivity index (χ1v) is 8.94. The molecule has 2 aromatic carbocycles. The monoisotopic (exact) mass is 316 g/mol. The maximum absolute atomic E-state index is 2.38. The Morgan fingerprint density at radius 2 is 1.50 bits per heavy atom. The molecule has 0 nitrogen and oxygen atoms in total. The Kier molecular flexibility index (Phi) is 4.49. The predicted molar refractivity (Wildman–Crippen MR) is 106 cm³/mol. The number of allylic oxidation sites excluding steroid dienone is 4. The SMILES string of the molecule is CC1=CC(C)=C(c2cc(C)cc(-c3ccccc3C)c2C)C(C)C1. The Morgan fingerprint density at radius 1 is 0.833 bits per heavy atom. The van der Waals surface area contributed by atoms with Gasteiger partial charge in [0.1, 0.15) is 0 Å². The topological polar surface area (TPSA) is 0 Å². The summed E-state index contributed by atoms with van der Waals surface area (Å²) in [5, 5.41) is 0. The molecule has 0 amide bonds. The fourth-order valence-electron chi connectivity index (χ4n) is 4.25. The Morgan fingerprint density at radius 3 is 2.17 bits per heavy atom. The maximum atomic E-state index is 2.38. The quantitative estimate of drug-likeness (QED) is 0.557. The summed E-state index contributed by atoms with van der Waals surface area (Å²) in [5.41, 5.74) is 12.7. The lowest BCUT2D eigenvalue weighted by atomic mass is 9.78. The molecule has 0 heterocycles. The molecule has 0 spiro atoms. The molecule has 1 aliphatic carbocycles. The van der Waals surface area contributed by atoms with Crippen LogP contribution in [0, 0.1) is 26.7 Å². The molecule has 0 N–H and O–H groups in total. The van der Waals surface area contributed by atoms with Gasteiger partial charge in [-0.05, 0) is 91.5 Å². The first kappa shape index (κ1) is 16.8. The van der Waals surface area contributed by atoms with Crippen molar-refractivity contribution in [2.45, 2.75) is 48.0 Å². The highest BCUT2D eigenvalue weighted by Crippen LogP contribution is 2.40. The van der Waals surface area contributed by atoms with Gasteiger partial charge in [-0.1, -0.05) is 55.0 Å². The molecule has 1 atom stereocenters. The molecular weight excluding hydrogens is 288 g/mol. The Hall–Kier alpha value is -2.08. The van der Waals surface area contributed by atoms with Gasteiger partial charge in [-0.15, -0.1) is 0 Å². The van der Waals surface area contributed by atoms with E-state index in [4.69, 9.17) is 0 Å². The van der Waals surface area contributed by atoms with Gasteiger partial charge in [-0.3, -0.25) is 0 Å². The van der Waals surface area contributed by atoms with Crippen LogP contribution in [-0.2, 0) is 0 Å². The Bertz CT molecular complexity index is 846. The summed E-state index contributed by atoms with van der Waals surface area (Å²) in [6.07, 6.45) is 3.53. The molecule has 0 aliphatic heterocycles. The van der Waals surface area contributed by atoms with Gasteiger partial charge in [0.05, 0.1) is 0 Å².